The standard InChI is InChI=1S/C19H12ClF5N2O4/c20-17-16(9-1-3-10(4-2-9)31-19(23,24)25)27-13(30-17)7-8-29-12-6-5-11(21)14(15(12)22)18(26)28/h1-6H,7-8H2,(H2,26,28). The molecule has 2 aromatic carbocycles. The summed E-state index contributed by atoms with van der Waals surface area (Å²) in [6, 6.07) is 6.63. The maximum atomic E-state index is 14.1. The average molecular weight is 463 g/mol. The maximum Gasteiger partial charge on any atom is 0.573 e. The minimum Gasteiger partial charge on any atom is -0.490 e. The highest BCUT2D eigenvalue weighted by molar-refractivity contribution is 6.31. The van der Waals surface area contributed by atoms with Gasteiger partial charge in [0.05, 0.1) is 13.0 Å². The van der Waals surface area contributed by atoms with Crippen molar-refractivity contribution in [3.05, 3.63) is 64.7 Å². The predicted octanol–water partition coefficient (Wildman–Crippen LogP) is 4.89. The molecular formula is C19H12ClF5N2O4. The number of rotatable bonds is 7. The van der Waals surface area contributed by atoms with Crippen LogP contribution < -0.4 is 15.2 Å². The molecule has 1 amide bonds. The minimum absolute atomic E-state index is 0.0116. The molecule has 0 saturated heterocycles. The Balaban J connectivity index is 1.67. The lowest BCUT2D eigenvalue weighted by Crippen LogP contribution is -2.16. The zero-order chi connectivity index (χ0) is 22.8. The smallest absolute Gasteiger partial charge is 0.490 e. The van der Waals surface area contributed by atoms with Gasteiger partial charge in [0.1, 0.15) is 22.8 Å². The molecule has 164 valence electrons. The molecule has 3 rings (SSSR count). The molecule has 0 spiro atoms. The van der Waals surface area contributed by atoms with Gasteiger partial charge in [-0.15, -0.1) is 13.2 Å². The third-order valence-electron chi connectivity index (χ3n) is 3.87. The van der Waals surface area contributed by atoms with Gasteiger partial charge in [0, 0.05) is 5.56 Å². The van der Waals surface area contributed by atoms with Gasteiger partial charge in [0.2, 0.25) is 5.22 Å². The molecule has 0 saturated carbocycles. The number of amides is 1. The van der Waals surface area contributed by atoms with Crippen molar-refractivity contribution in [2.75, 3.05) is 6.61 Å². The summed E-state index contributed by atoms with van der Waals surface area (Å²) >= 11 is 5.99. The lowest BCUT2D eigenvalue weighted by Gasteiger charge is -2.08. The van der Waals surface area contributed by atoms with Crippen LogP contribution in [0.2, 0.25) is 5.22 Å². The van der Waals surface area contributed by atoms with E-state index in [2.05, 4.69) is 9.72 Å². The molecule has 0 radical (unpaired) electrons. The second-order valence-corrected chi connectivity index (χ2v) is 6.34. The van der Waals surface area contributed by atoms with Crippen LogP contribution in [0.4, 0.5) is 22.0 Å². The molecule has 0 aliphatic rings. The van der Waals surface area contributed by atoms with Gasteiger partial charge in [-0.3, -0.25) is 4.79 Å². The molecule has 0 fully saturated rings. The average Bonchev–Trinajstić information content (AvgIpc) is 3.03. The number of halogens is 6. The molecule has 6 nitrogen and oxygen atoms in total. The number of hydrogen-bond acceptors (Lipinski definition) is 5. The molecular weight excluding hydrogens is 451 g/mol. The van der Waals surface area contributed by atoms with Crippen molar-refractivity contribution in [1.82, 2.24) is 4.98 Å². The first kappa shape index (κ1) is 22.3. The van der Waals surface area contributed by atoms with E-state index >= 15 is 0 Å². The lowest BCUT2D eigenvalue weighted by molar-refractivity contribution is -0.274. The third-order valence-corrected chi connectivity index (χ3v) is 4.12. The van der Waals surface area contributed by atoms with Crippen molar-refractivity contribution in [1.29, 1.82) is 0 Å². The Morgan fingerprint density at radius 3 is 2.42 bits per heavy atom. The Labute approximate surface area is 176 Å². The summed E-state index contributed by atoms with van der Waals surface area (Å²) in [4.78, 5) is 15.3. The van der Waals surface area contributed by atoms with Crippen LogP contribution in [0.1, 0.15) is 16.2 Å². The molecule has 0 aliphatic carbocycles. The van der Waals surface area contributed by atoms with Gasteiger partial charge in [-0.25, -0.2) is 13.8 Å². The summed E-state index contributed by atoms with van der Waals surface area (Å²) in [5.41, 5.74) is 4.55. The first-order chi connectivity index (χ1) is 14.5. The summed E-state index contributed by atoms with van der Waals surface area (Å²) in [6.07, 6.45) is -4.81. The van der Waals surface area contributed by atoms with E-state index < -0.39 is 41.0 Å². The number of carbonyl (C=O) groups excluding carboxylic acids is 1. The topological polar surface area (TPSA) is 87.6 Å². The van der Waals surface area contributed by atoms with Crippen LogP contribution in [-0.2, 0) is 6.42 Å². The van der Waals surface area contributed by atoms with Crippen LogP contribution in [-0.4, -0.2) is 23.9 Å². The SMILES string of the molecule is NC(=O)c1c(F)ccc(OCCc2nc(-c3ccc(OC(F)(F)F)cc3)c(Cl)o2)c1F. The Kier molecular flexibility index (Phi) is 6.34. The van der Waals surface area contributed by atoms with Crippen LogP contribution in [0.15, 0.2) is 40.8 Å². The third kappa shape index (κ3) is 5.43. The second-order valence-electron chi connectivity index (χ2n) is 6.00. The molecule has 31 heavy (non-hydrogen) atoms. The highest BCUT2D eigenvalue weighted by Crippen LogP contribution is 2.31. The number of nitrogens with zero attached hydrogens (tertiary/aromatic N) is 1. The monoisotopic (exact) mass is 462 g/mol. The summed E-state index contributed by atoms with van der Waals surface area (Å²) in [5, 5.41) is -0.122. The van der Waals surface area contributed by atoms with E-state index in [0.29, 0.717) is 5.56 Å². The summed E-state index contributed by atoms with van der Waals surface area (Å²) in [5.74, 6) is -4.35. The van der Waals surface area contributed by atoms with Gasteiger partial charge in [-0.05, 0) is 48.0 Å². The zero-order valence-corrected chi connectivity index (χ0v) is 16.1. The number of primary amides is 1. The van der Waals surface area contributed by atoms with E-state index in [9.17, 15) is 26.7 Å². The van der Waals surface area contributed by atoms with Gasteiger partial charge in [0.25, 0.3) is 5.91 Å². The van der Waals surface area contributed by atoms with Crippen LogP contribution in [0.25, 0.3) is 11.3 Å². The van der Waals surface area contributed by atoms with Crippen LogP contribution >= 0.6 is 11.6 Å². The van der Waals surface area contributed by atoms with Crippen molar-refractivity contribution >= 4 is 17.5 Å². The molecule has 12 heteroatoms. The lowest BCUT2D eigenvalue weighted by atomic mass is 10.1. The highest BCUT2D eigenvalue weighted by Gasteiger charge is 2.31. The molecule has 2 N–H and O–H groups in total. The highest BCUT2D eigenvalue weighted by atomic mass is 35.5. The first-order valence-corrected chi connectivity index (χ1v) is 8.85. The molecule has 3 aromatic rings. The van der Waals surface area contributed by atoms with Crippen molar-refractivity contribution in [3.63, 3.8) is 0 Å². The molecule has 1 aromatic heterocycles. The normalized spacial score (nSPS) is 11.4. The fourth-order valence-corrected chi connectivity index (χ4v) is 2.80. The van der Waals surface area contributed by atoms with Crippen molar-refractivity contribution in [3.8, 4) is 22.8 Å². The first-order valence-electron chi connectivity index (χ1n) is 8.47. The number of carbonyl (C=O) groups is 1. The molecule has 1 heterocycles. The number of benzene rings is 2. The maximum absolute atomic E-state index is 14.1. The number of alkyl halides is 3. The van der Waals surface area contributed by atoms with E-state index in [1.807, 2.05) is 0 Å². The zero-order valence-electron chi connectivity index (χ0n) is 15.3. The largest absolute Gasteiger partial charge is 0.573 e. The quantitative estimate of drug-likeness (QED) is 0.505. The molecule has 0 unspecified atom stereocenters. The van der Waals surface area contributed by atoms with Crippen molar-refractivity contribution in [2.45, 2.75) is 12.8 Å². The predicted molar refractivity (Wildman–Crippen MR) is 97.7 cm³/mol. The van der Waals surface area contributed by atoms with Crippen molar-refractivity contribution < 1.29 is 40.6 Å². The molecule has 0 aliphatic heterocycles. The van der Waals surface area contributed by atoms with E-state index in [1.54, 1.807) is 0 Å². The van der Waals surface area contributed by atoms with Crippen LogP contribution in [0, 0.1) is 11.6 Å². The summed E-state index contributed by atoms with van der Waals surface area (Å²) in [7, 11) is 0. The fraction of sp³-hybridized carbons (Fsp3) is 0.158. The Morgan fingerprint density at radius 2 is 1.81 bits per heavy atom. The Bertz CT molecular complexity index is 1100. The van der Waals surface area contributed by atoms with Gasteiger partial charge in [0.15, 0.2) is 17.5 Å². The van der Waals surface area contributed by atoms with Crippen LogP contribution in [0.5, 0.6) is 11.5 Å². The number of hydrogen-bond donors (Lipinski definition) is 1. The fourth-order valence-electron chi connectivity index (χ4n) is 2.56. The summed E-state index contributed by atoms with van der Waals surface area (Å²) in [6.45, 7) is -0.171. The van der Waals surface area contributed by atoms with Gasteiger partial charge < -0.3 is 19.6 Å². The van der Waals surface area contributed by atoms with Gasteiger partial charge >= 0.3 is 6.36 Å². The second kappa shape index (κ2) is 8.80. The van der Waals surface area contributed by atoms with E-state index in [0.717, 1.165) is 24.3 Å². The van der Waals surface area contributed by atoms with Gasteiger partial charge in [-0.2, -0.15) is 0 Å². The molecule has 0 bridgehead atoms. The van der Waals surface area contributed by atoms with Gasteiger partial charge in [-0.1, -0.05) is 0 Å². The number of oxazole rings is 1. The Morgan fingerprint density at radius 1 is 1.13 bits per heavy atom. The van der Waals surface area contributed by atoms with Crippen molar-refractivity contribution in [2.24, 2.45) is 5.73 Å². The number of ether oxygens (including phenoxy) is 2. The number of nitrogens with two attached hydrogens (primary N) is 1. The number of aromatic nitrogens is 1. The van der Waals surface area contributed by atoms with E-state index in [1.165, 1.54) is 12.1 Å². The molecule has 0 atom stereocenters. The summed E-state index contributed by atoms with van der Waals surface area (Å²) < 4.78 is 78.5. The van der Waals surface area contributed by atoms with E-state index in [4.69, 9.17) is 26.5 Å². The van der Waals surface area contributed by atoms with Crippen LogP contribution in [0.3, 0.4) is 0 Å². The minimum atomic E-state index is -4.82. The Hall–Kier alpha value is -3.34. The van der Waals surface area contributed by atoms with E-state index in [-0.39, 0.29) is 29.8 Å².